The quantitative estimate of drug-likeness (QED) is 0.103. The molecular formula is C31H49NO5. The Labute approximate surface area is 224 Å². The number of hydrogen-bond donors (Lipinski definition) is 2. The Balaban J connectivity index is 4.03. The van der Waals surface area contributed by atoms with Crippen molar-refractivity contribution in [3.8, 4) is 0 Å². The second-order valence-corrected chi connectivity index (χ2v) is 9.95. The maximum Gasteiger partial charge on any atom is 0.305 e. The maximum atomic E-state index is 12.2. The summed E-state index contributed by atoms with van der Waals surface area (Å²) in [5.41, 5.74) is 0.814. The third kappa shape index (κ3) is 19.9. The summed E-state index contributed by atoms with van der Waals surface area (Å²) >= 11 is 0. The van der Waals surface area contributed by atoms with E-state index >= 15 is 0 Å². The molecule has 0 fully saturated rings. The van der Waals surface area contributed by atoms with Crippen LogP contribution in [-0.2, 0) is 19.1 Å². The number of carbonyl (C=O) groups is 3. The molecule has 37 heavy (non-hydrogen) atoms. The van der Waals surface area contributed by atoms with Gasteiger partial charge in [-0.05, 0) is 51.9 Å². The average molecular weight is 516 g/mol. The molecule has 0 bridgehead atoms. The molecule has 0 aliphatic rings. The van der Waals surface area contributed by atoms with Gasteiger partial charge in [-0.2, -0.15) is 0 Å². The van der Waals surface area contributed by atoms with Crippen molar-refractivity contribution in [2.45, 2.75) is 92.4 Å². The van der Waals surface area contributed by atoms with Crippen LogP contribution in [0.1, 0.15) is 92.4 Å². The molecular weight excluding hydrogens is 466 g/mol. The van der Waals surface area contributed by atoms with Crippen molar-refractivity contribution in [3.05, 3.63) is 60.3 Å². The van der Waals surface area contributed by atoms with Crippen molar-refractivity contribution in [1.29, 1.82) is 0 Å². The fourth-order valence-corrected chi connectivity index (χ4v) is 3.17. The van der Waals surface area contributed by atoms with Crippen LogP contribution in [-0.4, -0.2) is 36.1 Å². The van der Waals surface area contributed by atoms with Gasteiger partial charge < -0.3 is 15.2 Å². The molecule has 6 heteroatoms. The van der Waals surface area contributed by atoms with Gasteiger partial charge in [0.2, 0.25) is 5.91 Å². The standard InChI is InChI=1S/C31H49NO5/c1-6-7-8-9-11-14-17-20-26(2)21-18-15-12-10-13-16-19-22-29(35)37-25-31(4,5)27(3)30(36)32-24-23-28(33)34/h7-8,10-11,13-15,18,20,27H,6,9,12,16-17,19,21-25H2,1-5H3,(H,32,36)(H,33,34). The fourth-order valence-electron chi connectivity index (χ4n) is 3.17. The van der Waals surface area contributed by atoms with Crippen molar-refractivity contribution < 1.29 is 24.2 Å². The summed E-state index contributed by atoms with van der Waals surface area (Å²) in [5.74, 6) is -1.88. The van der Waals surface area contributed by atoms with Crippen molar-refractivity contribution >= 4 is 17.8 Å². The van der Waals surface area contributed by atoms with Crippen LogP contribution in [0.3, 0.4) is 0 Å². The molecule has 0 spiro atoms. The van der Waals surface area contributed by atoms with Gasteiger partial charge in [0, 0.05) is 24.3 Å². The Morgan fingerprint density at radius 2 is 1.54 bits per heavy atom. The number of carboxylic acids is 1. The van der Waals surface area contributed by atoms with Gasteiger partial charge in [0.1, 0.15) is 0 Å². The molecule has 0 heterocycles. The van der Waals surface area contributed by atoms with E-state index in [9.17, 15) is 14.4 Å². The minimum atomic E-state index is -0.958. The van der Waals surface area contributed by atoms with Crippen LogP contribution in [0.4, 0.5) is 0 Å². The second-order valence-electron chi connectivity index (χ2n) is 9.95. The number of amides is 1. The van der Waals surface area contributed by atoms with Gasteiger partial charge in [0.25, 0.3) is 0 Å². The Morgan fingerprint density at radius 1 is 0.919 bits per heavy atom. The minimum Gasteiger partial charge on any atom is -0.481 e. The summed E-state index contributed by atoms with van der Waals surface area (Å²) < 4.78 is 5.40. The molecule has 0 aliphatic heterocycles. The summed E-state index contributed by atoms with van der Waals surface area (Å²) in [7, 11) is 0. The molecule has 0 saturated heterocycles. The number of carbonyl (C=O) groups excluding carboxylic acids is 2. The monoisotopic (exact) mass is 515 g/mol. The summed E-state index contributed by atoms with van der Waals surface area (Å²) in [5, 5.41) is 11.3. The maximum absolute atomic E-state index is 12.2. The van der Waals surface area contributed by atoms with E-state index in [1.165, 1.54) is 5.57 Å². The van der Waals surface area contributed by atoms with Crippen molar-refractivity contribution in [2.75, 3.05) is 13.2 Å². The predicted molar refractivity (Wildman–Crippen MR) is 152 cm³/mol. The number of carboxylic acid groups (broad SMARTS) is 1. The molecule has 0 aromatic carbocycles. The van der Waals surface area contributed by atoms with Crippen LogP contribution in [0.2, 0.25) is 0 Å². The molecule has 0 saturated carbocycles. The number of hydrogen-bond acceptors (Lipinski definition) is 4. The Bertz CT molecular complexity index is 817. The molecule has 0 aliphatic carbocycles. The lowest BCUT2D eigenvalue weighted by Gasteiger charge is -2.30. The summed E-state index contributed by atoms with van der Waals surface area (Å²) in [6, 6.07) is 0. The number of allylic oxidation sites excluding steroid dienone is 10. The highest BCUT2D eigenvalue weighted by Gasteiger charge is 2.32. The first kappa shape index (κ1) is 34.1. The lowest BCUT2D eigenvalue weighted by atomic mass is 9.80. The SMILES string of the molecule is CCC=CCC=CCC=C(C)CC=CCC=CCCCC(=O)OCC(C)(C)C(C)C(=O)NCCC(=O)O. The first-order chi connectivity index (χ1) is 17.6. The van der Waals surface area contributed by atoms with Crippen molar-refractivity contribution in [1.82, 2.24) is 5.32 Å². The zero-order chi connectivity index (χ0) is 27.9. The van der Waals surface area contributed by atoms with Crippen LogP contribution in [0.5, 0.6) is 0 Å². The average Bonchev–Trinajstić information content (AvgIpc) is 2.85. The van der Waals surface area contributed by atoms with Gasteiger partial charge in [0.15, 0.2) is 0 Å². The Kier molecular flexibility index (Phi) is 19.6. The van der Waals surface area contributed by atoms with Crippen LogP contribution in [0, 0.1) is 11.3 Å². The van der Waals surface area contributed by atoms with Crippen LogP contribution < -0.4 is 5.32 Å². The third-order valence-corrected chi connectivity index (χ3v) is 6.05. The van der Waals surface area contributed by atoms with Gasteiger partial charge >= 0.3 is 11.9 Å². The number of aliphatic carboxylic acids is 1. The smallest absolute Gasteiger partial charge is 0.305 e. The highest BCUT2D eigenvalue weighted by Crippen LogP contribution is 2.27. The van der Waals surface area contributed by atoms with Crippen molar-refractivity contribution in [2.24, 2.45) is 11.3 Å². The van der Waals surface area contributed by atoms with E-state index in [1.54, 1.807) is 6.92 Å². The third-order valence-electron chi connectivity index (χ3n) is 6.05. The van der Waals surface area contributed by atoms with E-state index in [2.05, 4.69) is 73.8 Å². The largest absolute Gasteiger partial charge is 0.481 e. The van der Waals surface area contributed by atoms with Gasteiger partial charge in [-0.3, -0.25) is 14.4 Å². The lowest BCUT2D eigenvalue weighted by molar-refractivity contribution is -0.150. The fraction of sp³-hybridized carbons (Fsp3) is 0.581. The minimum absolute atomic E-state index is 0.0871. The van der Waals surface area contributed by atoms with E-state index in [0.29, 0.717) is 12.8 Å². The Hall–Kier alpha value is -2.89. The summed E-state index contributed by atoms with van der Waals surface area (Å²) in [6.45, 7) is 10.0. The predicted octanol–water partition coefficient (Wildman–Crippen LogP) is 7.09. The van der Waals surface area contributed by atoms with Gasteiger partial charge in [-0.15, -0.1) is 0 Å². The molecule has 0 rings (SSSR count). The van der Waals surface area contributed by atoms with Gasteiger partial charge in [-0.1, -0.05) is 88.0 Å². The van der Waals surface area contributed by atoms with Crippen LogP contribution in [0.25, 0.3) is 0 Å². The van der Waals surface area contributed by atoms with E-state index in [0.717, 1.165) is 38.5 Å². The summed E-state index contributed by atoms with van der Waals surface area (Å²) in [6.07, 6.45) is 26.3. The van der Waals surface area contributed by atoms with E-state index in [-0.39, 0.29) is 31.4 Å². The lowest BCUT2D eigenvalue weighted by Crippen LogP contribution is -2.40. The van der Waals surface area contributed by atoms with Gasteiger partial charge in [0.05, 0.1) is 13.0 Å². The highest BCUT2D eigenvalue weighted by molar-refractivity contribution is 5.79. The normalized spacial score (nSPS) is 13.7. The molecule has 1 atom stereocenters. The Morgan fingerprint density at radius 3 is 2.22 bits per heavy atom. The van der Waals surface area contributed by atoms with Gasteiger partial charge in [-0.25, -0.2) is 0 Å². The van der Waals surface area contributed by atoms with Crippen LogP contribution >= 0.6 is 0 Å². The molecule has 208 valence electrons. The molecule has 6 nitrogen and oxygen atoms in total. The first-order valence-corrected chi connectivity index (χ1v) is 13.5. The molecule has 1 unspecified atom stereocenters. The number of nitrogens with one attached hydrogen (secondary N) is 1. The molecule has 0 aromatic heterocycles. The molecule has 0 aromatic rings. The number of ether oxygens (including phenoxy) is 1. The van der Waals surface area contributed by atoms with Crippen LogP contribution in [0.15, 0.2) is 60.3 Å². The van der Waals surface area contributed by atoms with E-state index in [4.69, 9.17) is 9.84 Å². The van der Waals surface area contributed by atoms with E-state index in [1.807, 2.05) is 13.8 Å². The van der Waals surface area contributed by atoms with E-state index < -0.39 is 17.3 Å². The molecule has 1 amide bonds. The topological polar surface area (TPSA) is 92.7 Å². The molecule has 2 N–H and O–H groups in total. The number of esters is 1. The zero-order valence-electron chi connectivity index (χ0n) is 23.6. The first-order valence-electron chi connectivity index (χ1n) is 13.5. The highest BCUT2D eigenvalue weighted by atomic mass is 16.5. The zero-order valence-corrected chi connectivity index (χ0v) is 23.6. The molecule has 0 radical (unpaired) electrons. The summed E-state index contributed by atoms with van der Waals surface area (Å²) in [4.78, 5) is 34.9. The number of unbranched alkanes of at least 4 members (excludes halogenated alkanes) is 1. The van der Waals surface area contributed by atoms with Crippen molar-refractivity contribution in [3.63, 3.8) is 0 Å². The number of rotatable bonds is 20. The second kappa shape index (κ2) is 21.2.